The number of alkyl halides is 3. The maximum atomic E-state index is 12.7. The standard InChI is InChI=1S/C17H15ClF3N3O3/c1-16(27,17(19,20)21)14(25)24-13-8-7-11(9-12(13)18)23-15(26)22-10-5-3-2-4-6-10/h2-9,27H,1H3,(H,24,25)(H2,22,23,26)/t16-/m1/s1. The van der Waals surface area contributed by atoms with E-state index >= 15 is 0 Å². The number of amides is 3. The van der Waals surface area contributed by atoms with Gasteiger partial charge >= 0.3 is 12.2 Å². The summed E-state index contributed by atoms with van der Waals surface area (Å²) in [5.74, 6) is -1.68. The molecule has 3 amide bonds. The van der Waals surface area contributed by atoms with E-state index < -0.39 is 23.7 Å². The van der Waals surface area contributed by atoms with Crippen LogP contribution in [0.4, 0.5) is 35.0 Å². The second kappa shape index (κ2) is 7.85. The lowest BCUT2D eigenvalue weighted by molar-refractivity contribution is -0.242. The minimum Gasteiger partial charge on any atom is -0.373 e. The van der Waals surface area contributed by atoms with Crippen molar-refractivity contribution >= 4 is 40.6 Å². The number of urea groups is 1. The van der Waals surface area contributed by atoms with Crippen LogP contribution in [0.3, 0.4) is 0 Å². The molecule has 0 spiro atoms. The van der Waals surface area contributed by atoms with Gasteiger partial charge in [0.25, 0.3) is 5.91 Å². The Morgan fingerprint density at radius 2 is 1.56 bits per heavy atom. The van der Waals surface area contributed by atoms with E-state index in [-0.39, 0.29) is 16.4 Å². The summed E-state index contributed by atoms with van der Waals surface area (Å²) in [4.78, 5) is 23.6. The normalized spacial score (nSPS) is 13.4. The highest BCUT2D eigenvalue weighted by molar-refractivity contribution is 6.34. The Labute approximate surface area is 157 Å². The SMILES string of the molecule is C[C@@](O)(C(=O)Nc1ccc(NC(=O)Nc2ccccc2)cc1Cl)C(F)(F)F. The van der Waals surface area contributed by atoms with Crippen LogP contribution in [0.25, 0.3) is 0 Å². The van der Waals surface area contributed by atoms with Crippen molar-refractivity contribution in [2.45, 2.75) is 18.7 Å². The highest BCUT2D eigenvalue weighted by Gasteiger charge is 2.55. The molecule has 27 heavy (non-hydrogen) atoms. The summed E-state index contributed by atoms with van der Waals surface area (Å²) in [6.07, 6.45) is -5.15. The van der Waals surface area contributed by atoms with Crippen molar-refractivity contribution in [1.29, 1.82) is 0 Å². The van der Waals surface area contributed by atoms with Gasteiger partial charge in [0.2, 0.25) is 5.60 Å². The molecule has 6 nitrogen and oxygen atoms in total. The number of hydrogen-bond donors (Lipinski definition) is 4. The van der Waals surface area contributed by atoms with E-state index in [0.717, 1.165) is 0 Å². The number of rotatable bonds is 4. The van der Waals surface area contributed by atoms with Crippen molar-refractivity contribution in [2.24, 2.45) is 0 Å². The Bertz CT molecular complexity index is 842. The summed E-state index contributed by atoms with van der Waals surface area (Å²) < 4.78 is 38.0. The zero-order chi connectivity index (χ0) is 20.2. The number of carbonyl (C=O) groups excluding carboxylic acids is 2. The zero-order valence-corrected chi connectivity index (χ0v) is 14.7. The molecule has 0 unspecified atom stereocenters. The molecule has 0 bridgehead atoms. The third kappa shape index (κ3) is 5.11. The Morgan fingerprint density at radius 3 is 2.11 bits per heavy atom. The van der Waals surface area contributed by atoms with E-state index in [1.165, 1.54) is 18.2 Å². The molecule has 0 heterocycles. The van der Waals surface area contributed by atoms with Crippen LogP contribution in [0.5, 0.6) is 0 Å². The van der Waals surface area contributed by atoms with Gasteiger partial charge in [0, 0.05) is 11.4 Å². The molecule has 0 aliphatic rings. The number of hydrogen-bond acceptors (Lipinski definition) is 3. The van der Waals surface area contributed by atoms with Crippen molar-refractivity contribution in [3.63, 3.8) is 0 Å². The molecule has 1 atom stereocenters. The van der Waals surface area contributed by atoms with Crippen molar-refractivity contribution in [1.82, 2.24) is 0 Å². The first-order chi connectivity index (χ1) is 12.5. The van der Waals surface area contributed by atoms with Crippen LogP contribution < -0.4 is 16.0 Å². The van der Waals surface area contributed by atoms with Gasteiger partial charge < -0.3 is 21.1 Å². The number of nitrogens with one attached hydrogen (secondary N) is 3. The molecule has 2 rings (SSSR count). The molecule has 4 N–H and O–H groups in total. The zero-order valence-electron chi connectivity index (χ0n) is 13.9. The van der Waals surface area contributed by atoms with Crippen LogP contribution in [0.2, 0.25) is 5.02 Å². The fourth-order valence-corrected chi connectivity index (χ4v) is 2.11. The number of halogens is 4. The summed E-state index contributed by atoms with van der Waals surface area (Å²) in [5.41, 5.74) is -2.93. The molecule has 0 radical (unpaired) electrons. The summed E-state index contributed by atoms with van der Waals surface area (Å²) in [6.45, 7) is 0.333. The molecule has 0 aliphatic heterocycles. The summed E-state index contributed by atoms with van der Waals surface area (Å²) in [7, 11) is 0. The molecular weight excluding hydrogens is 387 g/mol. The van der Waals surface area contributed by atoms with Gasteiger partial charge in [-0.05, 0) is 37.3 Å². The van der Waals surface area contributed by atoms with Gasteiger partial charge in [-0.25, -0.2) is 4.79 Å². The van der Waals surface area contributed by atoms with Gasteiger partial charge in [-0.2, -0.15) is 13.2 Å². The lowest BCUT2D eigenvalue weighted by atomic mass is 10.1. The first-order valence-corrected chi connectivity index (χ1v) is 7.91. The van der Waals surface area contributed by atoms with Crippen LogP contribution >= 0.6 is 11.6 Å². The number of anilines is 3. The highest BCUT2D eigenvalue weighted by Crippen LogP contribution is 2.32. The van der Waals surface area contributed by atoms with Crippen LogP contribution in [0, 0.1) is 0 Å². The predicted molar refractivity (Wildman–Crippen MR) is 95.8 cm³/mol. The first-order valence-electron chi connectivity index (χ1n) is 7.54. The Hall–Kier alpha value is -2.78. The summed E-state index contributed by atoms with van der Waals surface area (Å²) in [5, 5.41) is 16.2. The average Bonchev–Trinajstić information content (AvgIpc) is 2.57. The smallest absolute Gasteiger partial charge is 0.373 e. The first kappa shape index (κ1) is 20.5. The van der Waals surface area contributed by atoms with E-state index in [1.807, 2.05) is 5.32 Å². The van der Waals surface area contributed by atoms with Crippen LogP contribution in [-0.4, -0.2) is 28.8 Å². The quantitative estimate of drug-likeness (QED) is 0.617. The molecule has 0 aromatic heterocycles. The molecule has 2 aromatic rings. The minimum atomic E-state index is -5.15. The molecule has 2 aromatic carbocycles. The minimum absolute atomic E-state index is 0.126. The Kier molecular flexibility index (Phi) is 5.97. The van der Waals surface area contributed by atoms with Crippen LogP contribution in [0.1, 0.15) is 6.92 Å². The van der Waals surface area contributed by atoms with Gasteiger partial charge in [0.15, 0.2) is 0 Å². The molecule has 0 fully saturated rings. The Balaban J connectivity index is 2.05. The van der Waals surface area contributed by atoms with Crippen LogP contribution in [0.15, 0.2) is 48.5 Å². The second-order valence-electron chi connectivity index (χ2n) is 5.66. The second-order valence-corrected chi connectivity index (χ2v) is 6.07. The van der Waals surface area contributed by atoms with Crippen molar-refractivity contribution in [2.75, 3.05) is 16.0 Å². The fraction of sp³-hybridized carbons (Fsp3) is 0.176. The van der Waals surface area contributed by atoms with Crippen LogP contribution in [-0.2, 0) is 4.79 Å². The number of aliphatic hydroxyl groups is 1. The van der Waals surface area contributed by atoms with Crippen molar-refractivity contribution in [3.8, 4) is 0 Å². The third-order valence-electron chi connectivity index (χ3n) is 3.50. The van der Waals surface area contributed by atoms with Gasteiger partial charge in [-0.3, -0.25) is 4.79 Å². The molecule has 144 valence electrons. The number of benzene rings is 2. The maximum Gasteiger partial charge on any atom is 0.426 e. The maximum absolute atomic E-state index is 12.7. The summed E-state index contributed by atoms with van der Waals surface area (Å²) in [6, 6.07) is 11.8. The fourth-order valence-electron chi connectivity index (χ4n) is 1.88. The predicted octanol–water partition coefficient (Wildman–Crippen LogP) is 4.24. The van der Waals surface area contributed by atoms with Gasteiger partial charge in [0.05, 0.1) is 10.7 Å². The van der Waals surface area contributed by atoms with Crippen molar-refractivity contribution < 1.29 is 27.9 Å². The average molecular weight is 402 g/mol. The van der Waals surface area contributed by atoms with Gasteiger partial charge in [0.1, 0.15) is 0 Å². The third-order valence-corrected chi connectivity index (χ3v) is 3.81. The molecular formula is C17H15ClF3N3O3. The van der Waals surface area contributed by atoms with E-state index in [0.29, 0.717) is 12.6 Å². The molecule has 0 saturated carbocycles. The molecule has 0 aliphatic carbocycles. The lowest BCUT2D eigenvalue weighted by Gasteiger charge is -2.25. The van der Waals surface area contributed by atoms with Gasteiger partial charge in [-0.1, -0.05) is 29.8 Å². The van der Waals surface area contributed by atoms with E-state index in [2.05, 4.69) is 10.6 Å². The highest BCUT2D eigenvalue weighted by atomic mass is 35.5. The Morgan fingerprint density at radius 1 is 0.963 bits per heavy atom. The molecule has 10 heteroatoms. The monoisotopic (exact) mass is 401 g/mol. The topological polar surface area (TPSA) is 90.5 Å². The van der Waals surface area contributed by atoms with Crippen molar-refractivity contribution in [3.05, 3.63) is 53.6 Å². The largest absolute Gasteiger partial charge is 0.426 e. The van der Waals surface area contributed by atoms with E-state index in [1.54, 1.807) is 30.3 Å². The lowest BCUT2D eigenvalue weighted by Crippen LogP contribution is -2.52. The number of carbonyl (C=O) groups is 2. The van der Waals surface area contributed by atoms with E-state index in [4.69, 9.17) is 11.6 Å². The summed E-state index contributed by atoms with van der Waals surface area (Å²) >= 11 is 5.93. The molecule has 0 saturated heterocycles. The van der Waals surface area contributed by atoms with E-state index in [9.17, 15) is 27.9 Å². The number of para-hydroxylation sites is 1. The van der Waals surface area contributed by atoms with Gasteiger partial charge in [-0.15, -0.1) is 0 Å².